The third-order valence-corrected chi connectivity index (χ3v) is 4.34. The number of amides is 1. The number of benzene rings is 1. The average molecular weight is 291 g/mol. The van der Waals surface area contributed by atoms with Crippen LogP contribution >= 0.6 is 0 Å². The first-order valence-corrected chi connectivity index (χ1v) is 7.61. The summed E-state index contributed by atoms with van der Waals surface area (Å²) < 4.78 is 5.14. The van der Waals surface area contributed by atoms with E-state index < -0.39 is 0 Å². The maximum atomic E-state index is 12.5. The molecule has 116 valence electrons. The van der Waals surface area contributed by atoms with E-state index in [1.165, 1.54) is 0 Å². The van der Waals surface area contributed by atoms with Gasteiger partial charge in [-0.1, -0.05) is 19.1 Å². The molecule has 2 rings (SSSR count). The Morgan fingerprint density at radius 2 is 2.05 bits per heavy atom. The summed E-state index contributed by atoms with van der Waals surface area (Å²) in [4.78, 5) is 14.4. The lowest BCUT2D eigenvalue weighted by molar-refractivity contribution is -0.134. The lowest BCUT2D eigenvalue weighted by Crippen LogP contribution is -2.35. The minimum Gasteiger partial charge on any atom is -0.497 e. The zero-order valence-corrected chi connectivity index (χ0v) is 13.1. The molecule has 1 saturated heterocycles. The first-order chi connectivity index (χ1) is 10.0. The lowest BCUT2D eigenvalue weighted by atomic mass is 9.99. The highest BCUT2D eigenvalue weighted by atomic mass is 16.5. The van der Waals surface area contributed by atoms with Crippen molar-refractivity contribution in [3.05, 3.63) is 29.8 Å². The van der Waals surface area contributed by atoms with E-state index in [0.717, 1.165) is 30.7 Å². The molecule has 1 heterocycles. The van der Waals surface area contributed by atoms with Crippen LogP contribution < -0.4 is 4.74 Å². The Kier molecular flexibility index (Phi) is 5.23. The molecule has 1 amide bonds. The molecule has 0 spiro atoms. The van der Waals surface area contributed by atoms with Gasteiger partial charge in [-0.2, -0.15) is 0 Å². The third-order valence-electron chi connectivity index (χ3n) is 4.34. The van der Waals surface area contributed by atoms with Gasteiger partial charge in [0, 0.05) is 24.9 Å². The summed E-state index contributed by atoms with van der Waals surface area (Å²) in [6.07, 6.45) is 1.30. The maximum Gasteiger partial charge on any atom is 0.225 e. The minimum absolute atomic E-state index is 0.0360. The summed E-state index contributed by atoms with van der Waals surface area (Å²) in [7, 11) is 1.65. The van der Waals surface area contributed by atoms with Gasteiger partial charge in [0.25, 0.3) is 0 Å². The van der Waals surface area contributed by atoms with E-state index in [0.29, 0.717) is 6.54 Å². The van der Waals surface area contributed by atoms with Gasteiger partial charge >= 0.3 is 0 Å². The minimum atomic E-state index is -0.334. The van der Waals surface area contributed by atoms with Crippen molar-refractivity contribution < 1.29 is 14.6 Å². The molecule has 1 N–H and O–H groups in total. The lowest BCUT2D eigenvalue weighted by Gasteiger charge is -2.21. The van der Waals surface area contributed by atoms with Crippen LogP contribution in [0.2, 0.25) is 0 Å². The van der Waals surface area contributed by atoms with Gasteiger partial charge in [-0.15, -0.1) is 0 Å². The first-order valence-electron chi connectivity index (χ1n) is 7.61. The maximum absolute atomic E-state index is 12.5. The van der Waals surface area contributed by atoms with Crippen LogP contribution in [-0.4, -0.2) is 42.2 Å². The van der Waals surface area contributed by atoms with Crippen LogP contribution in [0.1, 0.15) is 25.8 Å². The predicted octanol–water partition coefficient (Wildman–Crippen LogP) is 2.10. The second-order valence-corrected chi connectivity index (χ2v) is 6.03. The number of ether oxygens (including phenoxy) is 1. The van der Waals surface area contributed by atoms with Crippen molar-refractivity contribution in [2.45, 2.75) is 32.8 Å². The zero-order valence-electron chi connectivity index (χ0n) is 13.1. The number of hydrogen-bond acceptors (Lipinski definition) is 3. The number of methoxy groups -OCH3 is 1. The quantitative estimate of drug-likeness (QED) is 0.904. The van der Waals surface area contributed by atoms with Crippen LogP contribution in [0.3, 0.4) is 0 Å². The Bertz CT molecular complexity index is 469. The molecule has 0 radical (unpaired) electrons. The van der Waals surface area contributed by atoms with Crippen molar-refractivity contribution in [3.8, 4) is 5.75 Å². The van der Waals surface area contributed by atoms with E-state index in [2.05, 4.69) is 0 Å². The summed E-state index contributed by atoms with van der Waals surface area (Å²) in [6.45, 7) is 5.23. The zero-order chi connectivity index (χ0) is 15.4. The number of hydrogen-bond donors (Lipinski definition) is 1. The van der Waals surface area contributed by atoms with Crippen molar-refractivity contribution >= 4 is 5.91 Å². The monoisotopic (exact) mass is 291 g/mol. The van der Waals surface area contributed by atoms with Crippen molar-refractivity contribution in [2.75, 3.05) is 20.2 Å². The number of aliphatic hydroxyl groups excluding tert-OH is 1. The fourth-order valence-corrected chi connectivity index (χ4v) is 2.90. The van der Waals surface area contributed by atoms with Crippen LogP contribution in [0.5, 0.6) is 5.75 Å². The molecule has 1 aliphatic rings. The van der Waals surface area contributed by atoms with Crippen LogP contribution in [0.25, 0.3) is 0 Å². The van der Waals surface area contributed by atoms with Crippen molar-refractivity contribution in [3.63, 3.8) is 0 Å². The Labute approximate surface area is 126 Å². The Hall–Kier alpha value is -1.55. The van der Waals surface area contributed by atoms with Gasteiger partial charge in [0.05, 0.1) is 13.2 Å². The topological polar surface area (TPSA) is 49.8 Å². The van der Waals surface area contributed by atoms with Crippen LogP contribution in [0, 0.1) is 11.8 Å². The van der Waals surface area contributed by atoms with Gasteiger partial charge in [-0.3, -0.25) is 4.79 Å². The molecular formula is C17H25NO3. The van der Waals surface area contributed by atoms with E-state index in [1.807, 2.05) is 36.1 Å². The molecule has 0 saturated carbocycles. The predicted molar refractivity (Wildman–Crippen MR) is 82.2 cm³/mol. The molecule has 1 aromatic carbocycles. The molecule has 0 aromatic heterocycles. The summed E-state index contributed by atoms with van der Waals surface area (Å²) in [6, 6.07) is 7.86. The number of aliphatic hydroxyl groups is 1. The van der Waals surface area contributed by atoms with Gasteiger partial charge in [0.15, 0.2) is 0 Å². The largest absolute Gasteiger partial charge is 0.497 e. The van der Waals surface area contributed by atoms with Crippen LogP contribution in [0.15, 0.2) is 24.3 Å². The number of nitrogens with zero attached hydrogens (tertiary/aromatic N) is 1. The Balaban J connectivity index is 1.90. The standard InChI is InChI=1S/C17H25NO3/c1-12(10-14-4-6-16(21-3)7-5-14)17(20)18-9-8-15(11-18)13(2)19/h4-7,12-13,15,19H,8-11H2,1-3H3. The Morgan fingerprint density at radius 3 is 2.57 bits per heavy atom. The smallest absolute Gasteiger partial charge is 0.225 e. The SMILES string of the molecule is COc1ccc(CC(C)C(=O)N2CCC(C(C)O)C2)cc1. The van der Waals surface area contributed by atoms with Crippen LogP contribution in [-0.2, 0) is 11.2 Å². The Morgan fingerprint density at radius 1 is 1.38 bits per heavy atom. The molecule has 4 nitrogen and oxygen atoms in total. The molecule has 1 aromatic rings. The number of likely N-dealkylation sites (tertiary alicyclic amines) is 1. The molecule has 1 fully saturated rings. The van der Waals surface area contributed by atoms with Gasteiger partial charge in [0.1, 0.15) is 5.75 Å². The van der Waals surface area contributed by atoms with Crippen molar-refractivity contribution in [1.82, 2.24) is 4.90 Å². The molecule has 4 heteroatoms. The molecule has 0 bridgehead atoms. The number of rotatable bonds is 5. The summed E-state index contributed by atoms with van der Waals surface area (Å²) in [5, 5.41) is 9.63. The fraction of sp³-hybridized carbons (Fsp3) is 0.588. The summed E-state index contributed by atoms with van der Waals surface area (Å²) in [5.74, 6) is 1.21. The molecule has 1 aliphatic heterocycles. The van der Waals surface area contributed by atoms with Crippen molar-refractivity contribution in [1.29, 1.82) is 0 Å². The van der Waals surface area contributed by atoms with Gasteiger partial charge in [0.2, 0.25) is 5.91 Å². The van der Waals surface area contributed by atoms with Gasteiger partial charge in [-0.05, 0) is 37.5 Å². The number of carbonyl (C=O) groups excluding carboxylic acids is 1. The second kappa shape index (κ2) is 6.94. The van der Waals surface area contributed by atoms with E-state index in [9.17, 15) is 9.90 Å². The van der Waals surface area contributed by atoms with Crippen LogP contribution in [0.4, 0.5) is 0 Å². The van der Waals surface area contributed by atoms with Gasteiger partial charge < -0.3 is 14.7 Å². The highest BCUT2D eigenvalue weighted by Gasteiger charge is 2.31. The molecule has 3 unspecified atom stereocenters. The molecule has 0 aliphatic carbocycles. The summed E-state index contributed by atoms with van der Waals surface area (Å²) in [5.41, 5.74) is 1.14. The highest BCUT2D eigenvalue weighted by molar-refractivity contribution is 5.79. The van der Waals surface area contributed by atoms with Crippen molar-refractivity contribution in [2.24, 2.45) is 11.8 Å². The van der Waals surface area contributed by atoms with Gasteiger partial charge in [-0.25, -0.2) is 0 Å². The van der Waals surface area contributed by atoms with E-state index in [4.69, 9.17) is 4.74 Å². The van der Waals surface area contributed by atoms with E-state index in [1.54, 1.807) is 14.0 Å². The second-order valence-electron chi connectivity index (χ2n) is 6.03. The van der Waals surface area contributed by atoms with E-state index >= 15 is 0 Å². The fourth-order valence-electron chi connectivity index (χ4n) is 2.90. The molecule has 21 heavy (non-hydrogen) atoms. The molecular weight excluding hydrogens is 266 g/mol. The number of carbonyl (C=O) groups is 1. The molecule has 3 atom stereocenters. The normalized spacial score (nSPS) is 21.1. The van der Waals surface area contributed by atoms with E-state index in [-0.39, 0.29) is 23.8 Å². The third kappa shape index (κ3) is 3.97. The first kappa shape index (κ1) is 15.8. The summed E-state index contributed by atoms with van der Waals surface area (Å²) >= 11 is 0. The highest BCUT2D eigenvalue weighted by Crippen LogP contribution is 2.23. The average Bonchev–Trinajstić information content (AvgIpc) is 2.97.